The molecular formula is C20H19N3O5. The highest BCUT2D eigenvalue weighted by Gasteiger charge is 2.12. The first-order valence-electron chi connectivity index (χ1n) is 8.38. The van der Waals surface area contributed by atoms with E-state index in [0.717, 1.165) is 0 Å². The van der Waals surface area contributed by atoms with Gasteiger partial charge in [-0.25, -0.2) is 0 Å². The highest BCUT2D eigenvalue weighted by molar-refractivity contribution is 6.07. The molecule has 0 saturated carbocycles. The van der Waals surface area contributed by atoms with Crippen molar-refractivity contribution in [2.75, 3.05) is 24.9 Å². The van der Waals surface area contributed by atoms with E-state index in [-0.39, 0.29) is 11.8 Å². The van der Waals surface area contributed by atoms with Crippen molar-refractivity contribution in [2.45, 2.75) is 6.92 Å². The van der Waals surface area contributed by atoms with E-state index in [0.29, 0.717) is 39.9 Å². The highest BCUT2D eigenvalue weighted by Crippen LogP contribution is 2.29. The van der Waals surface area contributed by atoms with Gasteiger partial charge >= 0.3 is 0 Å². The molecule has 0 saturated heterocycles. The molecule has 0 aliphatic carbocycles. The van der Waals surface area contributed by atoms with E-state index in [1.54, 1.807) is 55.5 Å². The van der Waals surface area contributed by atoms with Crippen LogP contribution in [0.5, 0.6) is 11.5 Å². The Labute approximate surface area is 161 Å². The van der Waals surface area contributed by atoms with E-state index < -0.39 is 0 Å². The fourth-order valence-electron chi connectivity index (χ4n) is 2.50. The molecule has 1 aromatic heterocycles. The van der Waals surface area contributed by atoms with Crippen molar-refractivity contribution in [2.24, 2.45) is 0 Å². The average molecular weight is 381 g/mol. The van der Waals surface area contributed by atoms with Gasteiger partial charge in [0.1, 0.15) is 5.76 Å². The fourth-order valence-corrected chi connectivity index (χ4v) is 2.50. The summed E-state index contributed by atoms with van der Waals surface area (Å²) in [6, 6.07) is 12.9. The smallest absolute Gasteiger partial charge is 0.256 e. The summed E-state index contributed by atoms with van der Waals surface area (Å²) in [6.45, 7) is 1.73. The first-order chi connectivity index (χ1) is 13.5. The van der Waals surface area contributed by atoms with Crippen LogP contribution in [0.4, 0.5) is 11.5 Å². The molecule has 2 aromatic carbocycles. The summed E-state index contributed by atoms with van der Waals surface area (Å²) in [6.07, 6.45) is 0. The summed E-state index contributed by atoms with van der Waals surface area (Å²) in [7, 11) is 3.06. The topological polar surface area (TPSA) is 103 Å². The van der Waals surface area contributed by atoms with Gasteiger partial charge in [-0.05, 0) is 43.3 Å². The third-order valence-electron chi connectivity index (χ3n) is 3.92. The molecule has 0 aliphatic heterocycles. The van der Waals surface area contributed by atoms with Crippen LogP contribution in [-0.4, -0.2) is 31.2 Å². The van der Waals surface area contributed by atoms with Crippen LogP contribution >= 0.6 is 0 Å². The quantitative estimate of drug-likeness (QED) is 0.677. The molecule has 0 spiro atoms. The molecule has 3 rings (SSSR count). The Morgan fingerprint density at radius 3 is 2.00 bits per heavy atom. The number of carbonyl (C=O) groups excluding carboxylic acids is 2. The van der Waals surface area contributed by atoms with E-state index in [2.05, 4.69) is 15.8 Å². The number of ether oxygens (including phenoxy) is 2. The normalized spacial score (nSPS) is 10.2. The van der Waals surface area contributed by atoms with Crippen molar-refractivity contribution in [3.05, 3.63) is 65.4 Å². The second-order valence-corrected chi connectivity index (χ2v) is 5.88. The number of nitrogens with zero attached hydrogens (tertiary/aromatic N) is 1. The van der Waals surface area contributed by atoms with Gasteiger partial charge < -0.3 is 24.6 Å². The molecule has 0 bridgehead atoms. The number of aromatic nitrogens is 1. The van der Waals surface area contributed by atoms with Gasteiger partial charge in [-0.3, -0.25) is 9.59 Å². The van der Waals surface area contributed by atoms with Crippen LogP contribution in [-0.2, 0) is 0 Å². The van der Waals surface area contributed by atoms with Gasteiger partial charge in [0.25, 0.3) is 11.8 Å². The molecule has 2 amide bonds. The molecule has 0 unspecified atom stereocenters. The molecule has 2 N–H and O–H groups in total. The zero-order valence-corrected chi connectivity index (χ0v) is 15.6. The molecule has 0 radical (unpaired) electrons. The first-order valence-corrected chi connectivity index (χ1v) is 8.38. The molecule has 8 nitrogen and oxygen atoms in total. The predicted molar refractivity (Wildman–Crippen MR) is 103 cm³/mol. The van der Waals surface area contributed by atoms with Crippen LogP contribution in [0.2, 0.25) is 0 Å². The number of aryl methyl sites for hydroxylation is 1. The van der Waals surface area contributed by atoms with E-state index >= 15 is 0 Å². The van der Waals surface area contributed by atoms with Gasteiger partial charge in [-0.1, -0.05) is 5.16 Å². The second kappa shape index (κ2) is 8.26. The maximum Gasteiger partial charge on any atom is 0.256 e. The van der Waals surface area contributed by atoms with Crippen LogP contribution < -0.4 is 20.1 Å². The number of hydrogen-bond acceptors (Lipinski definition) is 6. The summed E-state index contributed by atoms with van der Waals surface area (Å²) in [5, 5.41) is 9.11. The standard InChI is InChI=1S/C20H19N3O5/c1-12-10-18(23-28-12)22-20(25)14-6-4-13(5-7-14)19(24)21-15-8-9-16(26-2)17(11-15)27-3/h4-11H,1-3H3,(H,21,24)(H,22,23,25). The molecule has 28 heavy (non-hydrogen) atoms. The third kappa shape index (κ3) is 4.29. The lowest BCUT2D eigenvalue weighted by Gasteiger charge is -2.11. The lowest BCUT2D eigenvalue weighted by Crippen LogP contribution is -2.14. The second-order valence-electron chi connectivity index (χ2n) is 5.88. The van der Waals surface area contributed by atoms with Crippen LogP contribution in [0.15, 0.2) is 53.1 Å². The van der Waals surface area contributed by atoms with Crippen LogP contribution in [0.1, 0.15) is 26.5 Å². The van der Waals surface area contributed by atoms with Gasteiger partial charge in [0, 0.05) is 28.9 Å². The van der Waals surface area contributed by atoms with Crippen molar-refractivity contribution in [1.82, 2.24) is 5.16 Å². The van der Waals surface area contributed by atoms with Crippen molar-refractivity contribution in [3.63, 3.8) is 0 Å². The van der Waals surface area contributed by atoms with Gasteiger partial charge in [-0.15, -0.1) is 0 Å². The maximum absolute atomic E-state index is 12.4. The minimum atomic E-state index is -0.347. The number of nitrogens with one attached hydrogen (secondary N) is 2. The Morgan fingerprint density at radius 2 is 1.46 bits per heavy atom. The Balaban J connectivity index is 1.67. The van der Waals surface area contributed by atoms with E-state index in [1.165, 1.54) is 14.2 Å². The highest BCUT2D eigenvalue weighted by atomic mass is 16.5. The van der Waals surface area contributed by atoms with Crippen LogP contribution in [0.3, 0.4) is 0 Å². The number of amides is 2. The van der Waals surface area contributed by atoms with Gasteiger partial charge in [-0.2, -0.15) is 0 Å². The fraction of sp³-hybridized carbons (Fsp3) is 0.150. The maximum atomic E-state index is 12.4. The van der Waals surface area contributed by atoms with Crippen molar-refractivity contribution in [3.8, 4) is 11.5 Å². The van der Waals surface area contributed by atoms with E-state index in [1.807, 2.05) is 0 Å². The number of anilines is 2. The van der Waals surface area contributed by atoms with Gasteiger partial charge in [0.05, 0.1) is 14.2 Å². The monoisotopic (exact) mass is 381 g/mol. The summed E-state index contributed by atoms with van der Waals surface area (Å²) >= 11 is 0. The lowest BCUT2D eigenvalue weighted by atomic mass is 10.1. The Morgan fingerprint density at radius 1 is 0.857 bits per heavy atom. The minimum absolute atomic E-state index is 0.314. The molecule has 3 aromatic rings. The summed E-state index contributed by atoms with van der Waals surface area (Å²) in [5.74, 6) is 1.34. The Bertz CT molecular complexity index is 995. The Kier molecular flexibility index (Phi) is 5.59. The molecule has 0 fully saturated rings. The number of hydrogen-bond donors (Lipinski definition) is 2. The van der Waals surface area contributed by atoms with Gasteiger partial charge in [0.2, 0.25) is 0 Å². The van der Waals surface area contributed by atoms with Crippen molar-refractivity contribution in [1.29, 1.82) is 0 Å². The third-order valence-corrected chi connectivity index (χ3v) is 3.92. The average Bonchev–Trinajstić information content (AvgIpc) is 3.12. The van der Waals surface area contributed by atoms with Crippen molar-refractivity contribution < 1.29 is 23.6 Å². The zero-order valence-electron chi connectivity index (χ0n) is 15.6. The SMILES string of the molecule is COc1ccc(NC(=O)c2ccc(C(=O)Nc3cc(C)on3)cc2)cc1OC. The van der Waals surface area contributed by atoms with Crippen LogP contribution in [0, 0.1) is 6.92 Å². The van der Waals surface area contributed by atoms with Gasteiger partial charge in [0.15, 0.2) is 17.3 Å². The number of carbonyl (C=O) groups is 2. The van der Waals surface area contributed by atoms with E-state index in [9.17, 15) is 9.59 Å². The van der Waals surface area contributed by atoms with E-state index in [4.69, 9.17) is 14.0 Å². The zero-order chi connectivity index (χ0) is 20.1. The summed E-state index contributed by atoms with van der Waals surface area (Å²) in [4.78, 5) is 24.6. The molecule has 8 heteroatoms. The minimum Gasteiger partial charge on any atom is -0.493 e. The lowest BCUT2D eigenvalue weighted by molar-refractivity contribution is 0.101. The number of benzene rings is 2. The summed E-state index contributed by atoms with van der Waals surface area (Å²) in [5.41, 5.74) is 1.36. The molecule has 144 valence electrons. The predicted octanol–water partition coefficient (Wildman–Crippen LogP) is 3.50. The molecular weight excluding hydrogens is 362 g/mol. The van der Waals surface area contributed by atoms with Crippen LogP contribution in [0.25, 0.3) is 0 Å². The Hall–Kier alpha value is -3.81. The first kappa shape index (κ1) is 19.0. The summed E-state index contributed by atoms with van der Waals surface area (Å²) < 4.78 is 15.3. The largest absolute Gasteiger partial charge is 0.493 e. The molecule has 0 atom stereocenters. The molecule has 1 heterocycles. The van der Waals surface area contributed by atoms with Crippen molar-refractivity contribution >= 4 is 23.3 Å². The number of methoxy groups -OCH3 is 2. The number of rotatable bonds is 6. The molecule has 0 aliphatic rings.